The summed E-state index contributed by atoms with van der Waals surface area (Å²) in [6.45, 7) is 3.74. The van der Waals surface area contributed by atoms with Crippen LogP contribution in [0.4, 0.5) is 0 Å². The van der Waals surface area contributed by atoms with Crippen LogP contribution in [0.25, 0.3) is 0 Å². The van der Waals surface area contributed by atoms with Gasteiger partial charge < -0.3 is 19.0 Å². The van der Waals surface area contributed by atoms with E-state index in [1.807, 2.05) is 0 Å². The number of hydrogen-bond donors (Lipinski definition) is 0. The van der Waals surface area contributed by atoms with Gasteiger partial charge in [0.05, 0.1) is 27.6 Å². The standard InChI is InChI=1S/C11H13O4.Li/c1-7-5-9(13-2)11(15-4)10(14-3)8(7)6-12;/h5-6H,1H2,2-4H3;/q-1;+1. The van der Waals surface area contributed by atoms with E-state index in [0.29, 0.717) is 34.7 Å². The van der Waals surface area contributed by atoms with Gasteiger partial charge in [-0.15, -0.1) is 6.07 Å². The van der Waals surface area contributed by atoms with Gasteiger partial charge in [-0.1, -0.05) is 0 Å². The molecule has 0 radical (unpaired) electrons. The number of carbonyl (C=O) groups excluding carboxylic acids is 1. The van der Waals surface area contributed by atoms with Gasteiger partial charge >= 0.3 is 18.9 Å². The van der Waals surface area contributed by atoms with Crippen molar-refractivity contribution in [3.63, 3.8) is 0 Å². The van der Waals surface area contributed by atoms with Crippen LogP contribution in [0.2, 0.25) is 0 Å². The van der Waals surface area contributed by atoms with Crippen LogP contribution in [0, 0.1) is 6.92 Å². The topological polar surface area (TPSA) is 44.8 Å². The average Bonchev–Trinajstić information content (AvgIpc) is 2.27. The fourth-order valence-electron chi connectivity index (χ4n) is 1.36. The van der Waals surface area contributed by atoms with Crippen molar-refractivity contribution in [2.45, 2.75) is 0 Å². The van der Waals surface area contributed by atoms with E-state index in [2.05, 4.69) is 6.92 Å². The van der Waals surface area contributed by atoms with Crippen molar-refractivity contribution < 1.29 is 37.9 Å². The van der Waals surface area contributed by atoms with E-state index in [9.17, 15) is 4.79 Å². The SMILES string of the molecule is [CH2-]c1cc(OC)c(OC)c(OC)c1C=O.[Li+]. The maximum atomic E-state index is 10.9. The van der Waals surface area contributed by atoms with Gasteiger partial charge in [0.15, 0.2) is 5.75 Å². The Morgan fingerprint density at radius 3 is 2.06 bits per heavy atom. The molecule has 0 saturated carbocycles. The molecular formula is C11H13LiO4. The number of ether oxygens (including phenoxy) is 3. The van der Waals surface area contributed by atoms with Gasteiger partial charge in [-0.25, -0.2) is 0 Å². The average molecular weight is 216 g/mol. The largest absolute Gasteiger partial charge is 1.00 e. The van der Waals surface area contributed by atoms with Gasteiger partial charge in [0.1, 0.15) is 11.5 Å². The second-order valence-electron chi connectivity index (χ2n) is 2.84. The number of carbonyl (C=O) groups is 1. The van der Waals surface area contributed by atoms with Crippen molar-refractivity contribution in [3.8, 4) is 17.2 Å². The summed E-state index contributed by atoms with van der Waals surface area (Å²) in [5.41, 5.74) is 0.912. The Morgan fingerprint density at radius 2 is 1.69 bits per heavy atom. The molecule has 0 aliphatic rings. The first-order valence-electron chi connectivity index (χ1n) is 4.29. The fraction of sp³-hybridized carbons (Fsp3) is 0.273. The molecule has 0 heterocycles. The molecule has 0 aromatic heterocycles. The van der Waals surface area contributed by atoms with E-state index < -0.39 is 0 Å². The minimum atomic E-state index is 0. The van der Waals surface area contributed by atoms with Crippen LogP contribution in [-0.2, 0) is 0 Å². The molecule has 0 N–H and O–H groups in total. The van der Waals surface area contributed by atoms with Crippen molar-refractivity contribution in [3.05, 3.63) is 24.1 Å². The van der Waals surface area contributed by atoms with E-state index in [4.69, 9.17) is 14.2 Å². The van der Waals surface area contributed by atoms with Gasteiger partial charge in [-0.05, 0) is 5.56 Å². The zero-order chi connectivity index (χ0) is 11.4. The van der Waals surface area contributed by atoms with Crippen LogP contribution in [0.5, 0.6) is 17.2 Å². The van der Waals surface area contributed by atoms with E-state index in [1.54, 1.807) is 6.07 Å². The molecule has 82 valence electrons. The summed E-state index contributed by atoms with van der Waals surface area (Å²) < 4.78 is 15.3. The molecule has 0 unspecified atom stereocenters. The fourth-order valence-corrected chi connectivity index (χ4v) is 1.36. The quantitative estimate of drug-likeness (QED) is 0.357. The second-order valence-corrected chi connectivity index (χ2v) is 2.84. The molecule has 16 heavy (non-hydrogen) atoms. The number of hydrogen-bond acceptors (Lipinski definition) is 4. The monoisotopic (exact) mass is 216 g/mol. The zero-order valence-electron chi connectivity index (χ0n) is 9.99. The summed E-state index contributed by atoms with van der Waals surface area (Å²) in [6, 6.07) is 1.63. The third kappa shape index (κ3) is 2.46. The molecule has 0 fully saturated rings. The summed E-state index contributed by atoms with van der Waals surface area (Å²) in [7, 11) is 4.46. The second kappa shape index (κ2) is 6.36. The maximum Gasteiger partial charge on any atom is 1.00 e. The van der Waals surface area contributed by atoms with Gasteiger partial charge in [-0.3, -0.25) is 0 Å². The molecule has 0 amide bonds. The Kier molecular flexibility index (Phi) is 5.87. The third-order valence-corrected chi connectivity index (χ3v) is 2.07. The Labute approximate surface area is 107 Å². The molecular weight excluding hydrogens is 203 g/mol. The first-order valence-corrected chi connectivity index (χ1v) is 4.29. The van der Waals surface area contributed by atoms with Gasteiger partial charge in [0, 0.05) is 0 Å². The Morgan fingerprint density at radius 1 is 1.12 bits per heavy atom. The molecule has 1 aromatic rings. The Balaban J connectivity index is 0.00000225. The van der Waals surface area contributed by atoms with Crippen molar-refractivity contribution in [2.75, 3.05) is 21.3 Å². The number of benzene rings is 1. The molecule has 0 aliphatic carbocycles. The molecule has 0 spiro atoms. The molecule has 0 aliphatic heterocycles. The van der Waals surface area contributed by atoms with E-state index in [0.717, 1.165) is 0 Å². The predicted octanol–water partition coefficient (Wildman–Crippen LogP) is -1.29. The number of rotatable bonds is 4. The van der Waals surface area contributed by atoms with Crippen molar-refractivity contribution in [1.82, 2.24) is 0 Å². The Hall–Kier alpha value is -1.24. The molecule has 1 rings (SSSR count). The minimum absolute atomic E-state index is 0. The van der Waals surface area contributed by atoms with Gasteiger partial charge in [-0.2, -0.15) is 12.5 Å². The van der Waals surface area contributed by atoms with E-state index >= 15 is 0 Å². The number of methoxy groups -OCH3 is 3. The predicted molar refractivity (Wildman–Crippen MR) is 55.9 cm³/mol. The van der Waals surface area contributed by atoms with Crippen molar-refractivity contribution >= 4 is 6.29 Å². The van der Waals surface area contributed by atoms with Crippen LogP contribution >= 0.6 is 0 Å². The Bertz CT molecular complexity index is 377. The third-order valence-electron chi connectivity index (χ3n) is 2.07. The summed E-state index contributed by atoms with van der Waals surface area (Å²) in [6.07, 6.45) is 0.684. The number of aldehydes is 1. The summed E-state index contributed by atoms with van der Waals surface area (Å²) in [5, 5.41) is 0. The summed E-state index contributed by atoms with van der Waals surface area (Å²) >= 11 is 0. The maximum absolute atomic E-state index is 10.9. The summed E-state index contributed by atoms with van der Waals surface area (Å²) in [4.78, 5) is 10.9. The molecule has 5 heteroatoms. The molecule has 1 aromatic carbocycles. The van der Waals surface area contributed by atoms with E-state index in [-0.39, 0.29) is 18.9 Å². The minimum Gasteiger partial charge on any atom is -0.506 e. The molecule has 0 atom stereocenters. The van der Waals surface area contributed by atoms with Crippen LogP contribution in [0.1, 0.15) is 15.9 Å². The van der Waals surface area contributed by atoms with Crippen molar-refractivity contribution in [1.29, 1.82) is 0 Å². The molecule has 0 bridgehead atoms. The van der Waals surface area contributed by atoms with E-state index in [1.165, 1.54) is 21.3 Å². The van der Waals surface area contributed by atoms with Crippen LogP contribution in [-0.4, -0.2) is 27.6 Å². The first kappa shape index (κ1) is 14.8. The molecule has 4 nitrogen and oxygen atoms in total. The van der Waals surface area contributed by atoms with Gasteiger partial charge in [0.25, 0.3) is 0 Å². The van der Waals surface area contributed by atoms with Crippen molar-refractivity contribution in [2.24, 2.45) is 0 Å². The summed E-state index contributed by atoms with van der Waals surface area (Å²) in [5.74, 6) is 1.23. The van der Waals surface area contributed by atoms with Crippen LogP contribution < -0.4 is 33.1 Å². The smallest absolute Gasteiger partial charge is 0.506 e. The van der Waals surface area contributed by atoms with Crippen LogP contribution in [0.3, 0.4) is 0 Å². The zero-order valence-corrected chi connectivity index (χ0v) is 9.99. The first-order chi connectivity index (χ1) is 7.19. The normalized spacial score (nSPS) is 8.94. The van der Waals surface area contributed by atoms with Crippen LogP contribution in [0.15, 0.2) is 6.07 Å². The molecule has 0 saturated heterocycles. The van der Waals surface area contributed by atoms with Gasteiger partial charge in [0.2, 0.25) is 0 Å².